The van der Waals surface area contributed by atoms with Gasteiger partial charge >= 0.3 is 0 Å². The van der Waals surface area contributed by atoms with Crippen molar-refractivity contribution in [3.05, 3.63) is 11.1 Å². The van der Waals surface area contributed by atoms with Gasteiger partial charge in [0.2, 0.25) is 5.91 Å². The molecular formula is C5H4N4OS. The van der Waals surface area contributed by atoms with E-state index in [2.05, 4.69) is 20.1 Å². The zero-order valence-corrected chi connectivity index (χ0v) is 6.26. The van der Waals surface area contributed by atoms with E-state index in [1.165, 1.54) is 11.5 Å². The van der Waals surface area contributed by atoms with E-state index >= 15 is 0 Å². The van der Waals surface area contributed by atoms with Gasteiger partial charge in [0.05, 0.1) is 23.2 Å². The van der Waals surface area contributed by atoms with Gasteiger partial charge in [-0.3, -0.25) is 4.79 Å². The summed E-state index contributed by atoms with van der Waals surface area (Å²) in [6.07, 6.45) is 1.94. The fourth-order valence-corrected chi connectivity index (χ4v) is 1.30. The first kappa shape index (κ1) is 6.41. The van der Waals surface area contributed by atoms with Crippen molar-refractivity contribution in [3.8, 4) is 0 Å². The van der Waals surface area contributed by atoms with Gasteiger partial charge < -0.3 is 0 Å². The molecule has 1 aliphatic heterocycles. The molecule has 0 spiro atoms. The predicted octanol–water partition coefficient (Wildman–Crippen LogP) is -0.238. The van der Waals surface area contributed by atoms with Crippen LogP contribution in [0, 0.1) is 0 Å². The molecule has 1 aromatic heterocycles. The minimum Gasteiger partial charge on any atom is -0.273 e. The van der Waals surface area contributed by atoms with Crippen molar-refractivity contribution in [1.82, 2.24) is 15.0 Å². The first-order valence-corrected chi connectivity index (χ1v) is 3.77. The van der Waals surface area contributed by atoms with E-state index in [0.717, 1.165) is 10.6 Å². The monoisotopic (exact) mass is 168 g/mol. The van der Waals surface area contributed by atoms with Crippen LogP contribution in [0.1, 0.15) is 11.3 Å². The molecule has 11 heavy (non-hydrogen) atoms. The summed E-state index contributed by atoms with van der Waals surface area (Å²) in [4.78, 5) is 11.5. The number of carbonyl (C=O) groups is 1. The van der Waals surface area contributed by atoms with Gasteiger partial charge in [0.25, 0.3) is 0 Å². The maximum Gasteiger partial charge on any atom is 0.246 e. The molecular weight excluding hydrogens is 164 g/mol. The number of aromatic nitrogens is 2. The highest BCUT2D eigenvalue weighted by molar-refractivity contribution is 7.08. The highest BCUT2D eigenvalue weighted by Crippen LogP contribution is 2.09. The summed E-state index contributed by atoms with van der Waals surface area (Å²) in [7, 11) is 0. The number of carbonyl (C=O) groups excluding carboxylic acids is 1. The second kappa shape index (κ2) is 2.39. The van der Waals surface area contributed by atoms with Gasteiger partial charge in [-0.15, -0.1) is 5.10 Å². The second-order valence-corrected chi connectivity index (χ2v) is 2.84. The molecule has 0 saturated carbocycles. The molecule has 0 fully saturated rings. The Labute approximate surface area is 66.3 Å². The predicted molar refractivity (Wildman–Crippen MR) is 39.2 cm³/mol. The van der Waals surface area contributed by atoms with Crippen molar-refractivity contribution in [3.63, 3.8) is 0 Å². The number of hydrazone groups is 1. The smallest absolute Gasteiger partial charge is 0.246 e. The van der Waals surface area contributed by atoms with Crippen LogP contribution in [0.2, 0.25) is 0 Å². The Bertz CT molecular complexity index is 304. The van der Waals surface area contributed by atoms with E-state index in [1.54, 1.807) is 6.20 Å². The Morgan fingerprint density at radius 3 is 3.09 bits per heavy atom. The van der Waals surface area contributed by atoms with Gasteiger partial charge in [-0.05, 0) is 11.5 Å². The highest BCUT2D eigenvalue weighted by atomic mass is 32.1. The van der Waals surface area contributed by atoms with Crippen LogP contribution in [0.25, 0.3) is 0 Å². The van der Waals surface area contributed by atoms with Gasteiger partial charge in [-0.2, -0.15) is 5.10 Å². The van der Waals surface area contributed by atoms with Crippen molar-refractivity contribution in [2.24, 2.45) is 5.10 Å². The molecule has 56 valence electrons. The van der Waals surface area contributed by atoms with Crippen LogP contribution in [0.15, 0.2) is 11.3 Å². The molecule has 2 rings (SSSR count). The third-order valence-corrected chi connectivity index (χ3v) is 2.00. The van der Waals surface area contributed by atoms with Gasteiger partial charge in [0, 0.05) is 0 Å². The van der Waals surface area contributed by atoms with Crippen LogP contribution in [0.5, 0.6) is 0 Å². The topological polar surface area (TPSA) is 67.2 Å². The molecule has 1 aromatic rings. The van der Waals surface area contributed by atoms with E-state index in [0.29, 0.717) is 6.42 Å². The first-order valence-electron chi connectivity index (χ1n) is 2.99. The van der Waals surface area contributed by atoms with Crippen LogP contribution in [-0.2, 0) is 4.79 Å². The third kappa shape index (κ3) is 1.12. The summed E-state index contributed by atoms with van der Waals surface area (Å²) in [5.41, 5.74) is 3.08. The summed E-state index contributed by atoms with van der Waals surface area (Å²) >= 11 is 1.24. The number of nitrogens with zero attached hydrogens (tertiary/aromatic N) is 3. The van der Waals surface area contributed by atoms with Crippen LogP contribution in [0.4, 0.5) is 0 Å². The number of hydrogen-bond donors (Lipinski definition) is 1. The number of hydrogen-bond acceptors (Lipinski definition) is 5. The maximum atomic E-state index is 10.7. The molecule has 1 N–H and O–H groups in total. The number of nitrogens with one attached hydrogen (secondary N) is 1. The van der Waals surface area contributed by atoms with Crippen LogP contribution >= 0.6 is 11.5 Å². The summed E-state index contributed by atoms with van der Waals surface area (Å²) in [6.45, 7) is 0. The second-order valence-electron chi connectivity index (χ2n) is 2.05. The molecule has 0 aliphatic carbocycles. The lowest BCUT2D eigenvalue weighted by Gasteiger charge is -1.84. The van der Waals surface area contributed by atoms with Crippen molar-refractivity contribution < 1.29 is 4.79 Å². The average molecular weight is 168 g/mol. The zero-order chi connectivity index (χ0) is 7.68. The minimum absolute atomic E-state index is 0.0756. The molecule has 0 unspecified atom stereocenters. The lowest BCUT2D eigenvalue weighted by Crippen LogP contribution is -2.09. The van der Waals surface area contributed by atoms with Gasteiger partial charge in [0.15, 0.2) is 0 Å². The lowest BCUT2D eigenvalue weighted by atomic mass is 10.2. The SMILES string of the molecule is O=C1CC(c2cnns2)=NN1. The van der Waals surface area contributed by atoms with Crippen LogP contribution in [-0.4, -0.2) is 21.2 Å². The van der Waals surface area contributed by atoms with Gasteiger partial charge in [0.1, 0.15) is 0 Å². The summed E-state index contributed by atoms with van der Waals surface area (Å²) in [5, 5.41) is 7.45. The van der Waals surface area contributed by atoms with Crippen molar-refractivity contribution in [2.45, 2.75) is 6.42 Å². The zero-order valence-electron chi connectivity index (χ0n) is 5.44. The third-order valence-electron chi connectivity index (χ3n) is 1.29. The van der Waals surface area contributed by atoms with Gasteiger partial charge in [-0.25, -0.2) is 5.43 Å². The standard InChI is InChI=1S/C5H4N4OS/c10-5-1-3(7-8-5)4-2-6-9-11-4/h2H,1H2,(H,8,10). The Kier molecular flexibility index (Phi) is 1.39. The summed E-state index contributed by atoms with van der Waals surface area (Å²) in [6, 6.07) is 0. The molecule has 5 nitrogen and oxygen atoms in total. The minimum atomic E-state index is -0.0756. The molecule has 0 aromatic carbocycles. The molecule has 0 saturated heterocycles. The summed E-state index contributed by atoms with van der Waals surface area (Å²) < 4.78 is 3.66. The fourth-order valence-electron chi connectivity index (χ4n) is 0.798. The Morgan fingerprint density at radius 2 is 2.55 bits per heavy atom. The molecule has 0 radical (unpaired) electrons. The normalized spacial score (nSPS) is 16.4. The molecule has 0 atom stereocenters. The van der Waals surface area contributed by atoms with Crippen LogP contribution < -0.4 is 5.43 Å². The number of rotatable bonds is 1. The lowest BCUT2D eigenvalue weighted by molar-refractivity contribution is -0.119. The van der Waals surface area contributed by atoms with Crippen LogP contribution in [0.3, 0.4) is 0 Å². The fraction of sp³-hybridized carbons (Fsp3) is 0.200. The first-order chi connectivity index (χ1) is 5.36. The van der Waals surface area contributed by atoms with Gasteiger partial charge in [-0.1, -0.05) is 4.49 Å². The quantitative estimate of drug-likeness (QED) is 0.629. The molecule has 1 aliphatic rings. The van der Waals surface area contributed by atoms with E-state index in [9.17, 15) is 4.79 Å². The Hall–Kier alpha value is -1.30. The maximum absolute atomic E-state index is 10.7. The van der Waals surface area contributed by atoms with E-state index in [4.69, 9.17) is 0 Å². The molecule has 6 heteroatoms. The van der Waals surface area contributed by atoms with Crippen molar-refractivity contribution in [1.29, 1.82) is 0 Å². The highest BCUT2D eigenvalue weighted by Gasteiger charge is 2.17. The molecule has 2 heterocycles. The van der Waals surface area contributed by atoms with Crippen molar-refractivity contribution in [2.75, 3.05) is 0 Å². The summed E-state index contributed by atoms with van der Waals surface area (Å²) in [5.74, 6) is -0.0756. The van der Waals surface area contributed by atoms with Crippen molar-refractivity contribution >= 4 is 23.2 Å². The van der Waals surface area contributed by atoms with E-state index in [-0.39, 0.29) is 5.91 Å². The average Bonchev–Trinajstić information content (AvgIpc) is 2.55. The molecule has 0 bridgehead atoms. The largest absolute Gasteiger partial charge is 0.273 e. The van der Waals surface area contributed by atoms with E-state index < -0.39 is 0 Å². The number of amides is 1. The Morgan fingerprint density at radius 1 is 1.64 bits per heavy atom. The molecule has 1 amide bonds. The van der Waals surface area contributed by atoms with E-state index in [1.807, 2.05) is 0 Å². The Balaban J connectivity index is 2.26.